The normalized spacial score (nSPS) is 11.0. The summed E-state index contributed by atoms with van der Waals surface area (Å²) in [6.45, 7) is 3.89. The summed E-state index contributed by atoms with van der Waals surface area (Å²) in [6, 6.07) is 4.57. The zero-order valence-electron chi connectivity index (χ0n) is 11.4. The maximum Gasteiger partial charge on any atom is 0.129 e. The zero-order chi connectivity index (χ0) is 14.3. The number of hydrogen-bond acceptors (Lipinski definition) is 4. The van der Waals surface area contributed by atoms with Crippen LogP contribution < -0.4 is 4.74 Å². The van der Waals surface area contributed by atoms with Crippen LogP contribution in [-0.2, 0) is 0 Å². The highest BCUT2D eigenvalue weighted by Crippen LogP contribution is 2.41. The zero-order valence-corrected chi connectivity index (χ0v) is 12.2. The van der Waals surface area contributed by atoms with Crippen LogP contribution in [0.4, 0.5) is 4.39 Å². The molecule has 0 radical (unpaired) electrons. The van der Waals surface area contributed by atoms with Gasteiger partial charge in [0, 0.05) is 28.3 Å². The molecule has 0 saturated heterocycles. The second-order valence-corrected chi connectivity index (χ2v) is 5.76. The fourth-order valence-corrected chi connectivity index (χ4v) is 3.27. The van der Waals surface area contributed by atoms with Crippen LogP contribution in [0.3, 0.4) is 0 Å². The minimum atomic E-state index is -0.311. The van der Waals surface area contributed by atoms with E-state index < -0.39 is 0 Å². The Balaban J connectivity index is 2.34. The van der Waals surface area contributed by atoms with Crippen molar-refractivity contribution in [1.29, 1.82) is 0 Å². The van der Waals surface area contributed by atoms with Gasteiger partial charge in [0.2, 0.25) is 0 Å². The quantitative estimate of drug-likeness (QED) is 0.711. The van der Waals surface area contributed by atoms with Gasteiger partial charge in [-0.1, -0.05) is 0 Å². The highest BCUT2D eigenvalue weighted by molar-refractivity contribution is 7.19. The van der Waals surface area contributed by atoms with Gasteiger partial charge in [-0.2, -0.15) is 0 Å². The van der Waals surface area contributed by atoms with E-state index in [9.17, 15) is 4.39 Å². The van der Waals surface area contributed by atoms with E-state index in [1.807, 2.05) is 20.0 Å². The molecule has 5 heteroatoms. The Morgan fingerprint density at radius 1 is 1.25 bits per heavy atom. The first-order chi connectivity index (χ1) is 9.60. The molecular weight excluding hydrogens is 275 g/mol. The molecule has 0 bridgehead atoms. The molecule has 2 aromatic heterocycles. The van der Waals surface area contributed by atoms with Crippen LogP contribution in [0.1, 0.15) is 10.7 Å². The van der Waals surface area contributed by atoms with E-state index in [2.05, 4.69) is 9.97 Å². The number of ether oxygens (including phenoxy) is 1. The molecule has 3 rings (SSSR count). The molecule has 20 heavy (non-hydrogen) atoms. The molecule has 0 fully saturated rings. The maximum absolute atomic E-state index is 13.4. The number of halogens is 1. The Labute approximate surface area is 120 Å². The Morgan fingerprint density at radius 3 is 2.80 bits per heavy atom. The van der Waals surface area contributed by atoms with E-state index in [4.69, 9.17) is 4.74 Å². The van der Waals surface area contributed by atoms with Crippen molar-refractivity contribution < 1.29 is 9.13 Å². The molecule has 1 aromatic carbocycles. The molecule has 2 heterocycles. The second-order valence-electron chi connectivity index (χ2n) is 4.51. The smallest absolute Gasteiger partial charge is 0.129 e. The molecule has 3 nitrogen and oxygen atoms in total. The van der Waals surface area contributed by atoms with Crippen LogP contribution in [0.5, 0.6) is 5.75 Å². The lowest BCUT2D eigenvalue weighted by Crippen LogP contribution is -1.91. The average Bonchev–Trinajstić information content (AvgIpc) is 2.74. The molecule has 0 aliphatic heterocycles. The molecule has 102 valence electrons. The van der Waals surface area contributed by atoms with Gasteiger partial charge < -0.3 is 4.74 Å². The van der Waals surface area contributed by atoms with Crippen molar-refractivity contribution in [2.24, 2.45) is 0 Å². The van der Waals surface area contributed by atoms with Crippen molar-refractivity contribution in [2.45, 2.75) is 13.8 Å². The van der Waals surface area contributed by atoms with Crippen molar-refractivity contribution in [3.05, 3.63) is 40.9 Å². The molecule has 0 aliphatic rings. The third-order valence-corrected chi connectivity index (χ3v) is 4.19. The van der Waals surface area contributed by atoms with Crippen LogP contribution in [0, 0.1) is 19.7 Å². The number of methoxy groups -OCH3 is 1. The van der Waals surface area contributed by atoms with Crippen molar-refractivity contribution >= 4 is 21.6 Å². The number of aromatic nitrogens is 2. The maximum atomic E-state index is 13.4. The van der Waals surface area contributed by atoms with E-state index in [1.165, 1.54) is 12.1 Å². The molecule has 0 unspecified atom stereocenters. The van der Waals surface area contributed by atoms with E-state index in [0.717, 1.165) is 32.0 Å². The minimum absolute atomic E-state index is 0.311. The van der Waals surface area contributed by atoms with Crippen LogP contribution in [-0.4, -0.2) is 17.1 Å². The molecule has 0 N–H and O–H groups in total. The monoisotopic (exact) mass is 288 g/mol. The first kappa shape index (κ1) is 13.0. The summed E-state index contributed by atoms with van der Waals surface area (Å²) in [5.41, 5.74) is 2.74. The van der Waals surface area contributed by atoms with Gasteiger partial charge in [-0.05, 0) is 26.0 Å². The Bertz CT molecular complexity index is 798. The van der Waals surface area contributed by atoms with E-state index in [1.54, 1.807) is 24.5 Å². The highest BCUT2D eigenvalue weighted by Gasteiger charge is 2.17. The highest BCUT2D eigenvalue weighted by atomic mass is 32.1. The fraction of sp³-hybridized carbons (Fsp3) is 0.200. The summed E-state index contributed by atoms with van der Waals surface area (Å²) < 4.78 is 19.7. The lowest BCUT2D eigenvalue weighted by atomic mass is 10.0. The largest absolute Gasteiger partial charge is 0.496 e. The molecule has 0 atom stereocenters. The first-order valence-electron chi connectivity index (χ1n) is 6.17. The Morgan fingerprint density at radius 2 is 2.05 bits per heavy atom. The molecule has 0 amide bonds. The number of nitrogens with zero attached hydrogens (tertiary/aromatic N) is 2. The molecule has 0 spiro atoms. The number of benzene rings is 1. The van der Waals surface area contributed by atoms with Crippen molar-refractivity contribution in [1.82, 2.24) is 9.97 Å². The Kier molecular flexibility index (Phi) is 3.14. The summed E-state index contributed by atoms with van der Waals surface area (Å²) in [7, 11) is 1.54. The Hall–Kier alpha value is -2.01. The van der Waals surface area contributed by atoms with Gasteiger partial charge >= 0.3 is 0 Å². The van der Waals surface area contributed by atoms with Gasteiger partial charge in [-0.15, -0.1) is 11.3 Å². The van der Waals surface area contributed by atoms with Crippen molar-refractivity contribution in [3.63, 3.8) is 0 Å². The summed E-state index contributed by atoms with van der Waals surface area (Å²) in [6.07, 6.45) is 1.83. The predicted octanol–water partition coefficient (Wildman–Crippen LogP) is 4.12. The van der Waals surface area contributed by atoms with E-state index >= 15 is 0 Å². The number of rotatable bonds is 2. The van der Waals surface area contributed by atoms with Gasteiger partial charge in [-0.3, -0.25) is 0 Å². The predicted molar refractivity (Wildman–Crippen MR) is 78.8 cm³/mol. The van der Waals surface area contributed by atoms with Gasteiger partial charge in [0.25, 0.3) is 0 Å². The summed E-state index contributed by atoms with van der Waals surface area (Å²) in [5, 5.41) is 0. The van der Waals surface area contributed by atoms with Gasteiger partial charge in [-0.25, -0.2) is 14.4 Å². The lowest BCUT2D eigenvalue weighted by Gasteiger charge is -2.09. The number of fused-ring (bicyclic) bond motifs is 1. The first-order valence-corrected chi connectivity index (χ1v) is 6.98. The van der Waals surface area contributed by atoms with Crippen molar-refractivity contribution in [2.75, 3.05) is 7.11 Å². The molecule has 0 saturated carbocycles. The van der Waals surface area contributed by atoms with Crippen LogP contribution in [0.15, 0.2) is 24.4 Å². The SMILES string of the molecule is COc1cc(F)ccc1-c1c(C)sc2cnc(C)nc12. The third kappa shape index (κ3) is 2.04. The topological polar surface area (TPSA) is 35.0 Å². The number of aryl methyl sites for hydroxylation is 2. The van der Waals surface area contributed by atoms with Gasteiger partial charge in [0.05, 0.1) is 17.3 Å². The third-order valence-electron chi connectivity index (χ3n) is 3.16. The number of thiophene rings is 1. The van der Waals surface area contributed by atoms with Crippen molar-refractivity contribution in [3.8, 4) is 16.9 Å². The number of hydrogen-bond donors (Lipinski definition) is 0. The van der Waals surface area contributed by atoms with E-state index in [0.29, 0.717) is 5.75 Å². The summed E-state index contributed by atoms with van der Waals surface area (Å²) in [4.78, 5) is 9.86. The summed E-state index contributed by atoms with van der Waals surface area (Å²) >= 11 is 1.63. The standard InChI is InChI=1S/C15H13FN2OS/c1-8-14(11-5-4-10(16)6-12(11)19-3)15-13(20-8)7-17-9(2)18-15/h4-7H,1-3H3. The van der Waals surface area contributed by atoms with Gasteiger partial charge in [0.1, 0.15) is 17.4 Å². The summed E-state index contributed by atoms with van der Waals surface area (Å²) in [5.74, 6) is 0.926. The van der Waals surface area contributed by atoms with Crippen LogP contribution in [0.25, 0.3) is 21.3 Å². The molecular formula is C15H13FN2OS. The fourth-order valence-electron chi connectivity index (χ4n) is 2.28. The van der Waals surface area contributed by atoms with E-state index in [-0.39, 0.29) is 5.82 Å². The molecule has 3 aromatic rings. The minimum Gasteiger partial charge on any atom is -0.496 e. The second kappa shape index (κ2) is 4.83. The lowest BCUT2D eigenvalue weighted by molar-refractivity contribution is 0.413. The van der Waals surface area contributed by atoms with Gasteiger partial charge in [0.15, 0.2) is 0 Å². The van der Waals surface area contributed by atoms with Crippen LogP contribution >= 0.6 is 11.3 Å². The average molecular weight is 288 g/mol. The van der Waals surface area contributed by atoms with Crippen LogP contribution in [0.2, 0.25) is 0 Å². The molecule has 0 aliphatic carbocycles.